The van der Waals surface area contributed by atoms with E-state index in [0.29, 0.717) is 22.9 Å². The van der Waals surface area contributed by atoms with E-state index in [1.807, 2.05) is 19.9 Å². The molecule has 0 aliphatic carbocycles. The number of benzene rings is 1. The van der Waals surface area contributed by atoms with Crippen molar-refractivity contribution in [3.63, 3.8) is 0 Å². The molecule has 22 heavy (non-hydrogen) atoms. The normalized spacial score (nSPS) is 23.8. The molecule has 0 bridgehead atoms. The molecule has 0 saturated carbocycles. The molecule has 0 spiro atoms. The minimum absolute atomic E-state index is 0.120. The Bertz CT molecular complexity index is 537. The zero-order valence-electron chi connectivity index (χ0n) is 12.8. The van der Waals surface area contributed by atoms with Crippen molar-refractivity contribution >= 4 is 11.6 Å². The first-order valence-electron chi connectivity index (χ1n) is 7.37. The average molecular weight is 325 g/mol. The van der Waals surface area contributed by atoms with Crippen molar-refractivity contribution in [2.45, 2.75) is 32.2 Å². The van der Waals surface area contributed by atoms with Crippen LogP contribution in [0.4, 0.5) is 0 Å². The molecule has 3 atom stereocenters. The summed E-state index contributed by atoms with van der Waals surface area (Å²) in [5.74, 6) is 0.401. The van der Waals surface area contributed by atoms with Crippen LogP contribution >= 0.6 is 11.6 Å². The van der Waals surface area contributed by atoms with Crippen molar-refractivity contribution in [2.75, 3.05) is 26.2 Å². The first-order valence-corrected chi connectivity index (χ1v) is 7.74. The zero-order valence-corrected chi connectivity index (χ0v) is 13.6. The lowest BCUT2D eigenvalue weighted by molar-refractivity contribution is -0.0786. The van der Waals surface area contributed by atoms with Crippen LogP contribution in [0.2, 0.25) is 5.02 Å². The molecule has 1 heterocycles. The van der Waals surface area contributed by atoms with Gasteiger partial charge in [-0.1, -0.05) is 17.7 Å². The van der Waals surface area contributed by atoms with E-state index in [2.05, 4.69) is 4.90 Å². The maximum atomic E-state index is 10.1. The Kier molecular flexibility index (Phi) is 6.04. The van der Waals surface area contributed by atoms with Gasteiger partial charge in [0.1, 0.15) is 30.1 Å². The van der Waals surface area contributed by atoms with Crippen LogP contribution in [0.15, 0.2) is 18.2 Å². The molecule has 5 nitrogen and oxygen atoms in total. The lowest BCUT2D eigenvalue weighted by Crippen LogP contribution is -2.48. The number of halogens is 1. The van der Waals surface area contributed by atoms with Gasteiger partial charge in [0.15, 0.2) is 0 Å². The number of aliphatic hydroxyl groups is 1. The number of hydrogen-bond donors (Lipinski definition) is 1. The maximum Gasteiger partial charge on any atom is 0.138 e. The van der Waals surface area contributed by atoms with E-state index >= 15 is 0 Å². The summed E-state index contributed by atoms with van der Waals surface area (Å²) in [7, 11) is 0. The van der Waals surface area contributed by atoms with Gasteiger partial charge in [0.2, 0.25) is 0 Å². The Labute approximate surface area is 136 Å². The highest BCUT2D eigenvalue weighted by Crippen LogP contribution is 2.25. The summed E-state index contributed by atoms with van der Waals surface area (Å²) in [6.45, 7) is 6.27. The van der Waals surface area contributed by atoms with Crippen LogP contribution in [0, 0.1) is 11.3 Å². The standard InChI is InChI=1S/C16H21ClN2O3/c1-11-7-19(8-12(2)22-11)9-13(20)10-21-16-5-3-4-15(17)14(16)6-18/h3-5,11-13,20H,7-10H2,1-2H3/t11-,12-,13+/m1/s1. The fourth-order valence-electron chi connectivity index (χ4n) is 2.70. The molecule has 1 fully saturated rings. The minimum Gasteiger partial charge on any atom is -0.489 e. The largest absolute Gasteiger partial charge is 0.489 e. The van der Waals surface area contributed by atoms with Crippen molar-refractivity contribution in [1.82, 2.24) is 4.90 Å². The highest BCUT2D eigenvalue weighted by Gasteiger charge is 2.24. The fourth-order valence-corrected chi connectivity index (χ4v) is 2.91. The maximum absolute atomic E-state index is 10.1. The van der Waals surface area contributed by atoms with Crippen molar-refractivity contribution in [2.24, 2.45) is 0 Å². The number of aliphatic hydroxyl groups excluding tert-OH is 1. The van der Waals surface area contributed by atoms with E-state index < -0.39 is 6.10 Å². The zero-order chi connectivity index (χ0) is 16.1. The Hall–Kier alpha value is -1.32. The SMILES string of the molecule is C[C@@H]1CN(C[C@H](O)COc2cccc(Cl)c2C#N)C[C@@H](C)O1. The van der Waals surface area contributed by atoms with E-state index in [-0.39, 0.29) is 18.8 Å². The van der Waals surface area contributed by atoms with Gasteiger partial charge in [-0.25, -0.2) is 0 Å². The highest BCUT2D eigenvalue weighted by atomic mass is 35.5. The van der Waals surface area contributed by atoms with Gasteiger partial charge in [0, 0.05) is 19.6 Å². The van der Waals surface area contributed by atoms with Crippen molar-refractivity contribution in [3.8, 4) is 11.8 Å². The molecule has 0 unspecified atom stereocenters. The lowest BCUT2D eigenvalue weighted by Gasteiger charge is -2.36. The van der Waals surface area contributed by atoms with Gasteiger partial charge in [-0.05, 0) is 26.0 Å². The number of rotatable bonds is 5. The topological polar surface area (TPSA) is 65.7 Å². The van der Waals surface area contributed by atoms with Gasteiger partial charge in [0.25, 0.3) is 0 Å². The van der Waals surface area contributed by atoms with Gasteiger partial charge < -0.3 is 14.6 Å². The smallest absolute Gasteiger partial charge is 0.138 e. The molecule has 0 aromatic heterocycles. The molecule has 2 rings (SSSR count). The predicted molar refractivity (Wildman–Crippen MR) is 84.1 cm³/mol. The van der Waals surface area contributed by atoms with Gasteiger partial charge in [-0.2, -0.15) is 5.26 Å². The Balaban J connectivity index is 1.87. The number of ether oxygens (including phenoxy) is 2. The summed E-state index contributed by atoms with van der Waals surface area (Å²) >= 11 is 5.95. The third kappa shape index (κ3) is 4.59. The molecular weight excluding hydrogens is 304 g/mol. The summed E-state index contributed by atoms with van der Waals surface area (Å²) < 4.78 is 11.2. The monoisotopic (exact) mass is 324 g/mol. The van der Waals surface area contributed by atoms with Crippen LogP contribution in [-0.4, -0.2) is 54.6 Å². The first-order chi connectivity index (χ1) is 10.5. The van der Waals surface area contributed by atoms with Gasteiger partial charge in [-0.3, -0.25) is 4.90 Å². The molecule has 1 aromatic rings. The Morgan fingerprint density at radius 1 is 1.45 bits per heavy atom. The van der Waals surface area contributed by atoms with E-state index in [4.69, 9.17) is 26.3 Å². The van der Waals surface area contributed by atoms with Crippen LogP contribution in [-0.2, 0) is 4.74 Å². The number of nitrogens with zero attached hydrogens (tertiary/aromatic N) is 2. The van der Waals surface area contributed by atoms with Crippen LogP contribution in [0.3, 0.4) is 0 Å². The second-order valence-corrected chi connectivity index (χ2v) is 6.07. The third-order valence-corrected chi connectivity index (χ3v) is 3.80. The summed E-state index contributed by atoms with van der Waals surface area (Å²) in [4.78, 5) is 2.16. The summed E-state index contributed by atoms with van der Waals surface area (Å²) in [5, 5.41) is 19.6. The van der Waals surface area contributed by atoms with Crippen molar-refractivity contribution < 1.29 is 14.6 Å². The molecule has 6 heteroatoms. The quantitative estimate of drug-likeness (QED) is 0.898. The highest BCUT2D eigenvalue weighted by molar-refractivity contribution is 6.31. The molecule has 1 aliphatic rings. The van der Waals surface area contributed by atoms with Gasteiger partial charge in [0.05, 0.1) is 17.2 Å². The fraction of sp³-hybridized carbons (Fsp3) is 0.562. The van der Waals surface area contributed by atoms with Crippen molar-refractivity contribution in [3.05, 3.63) is 28.8 Å². The molecule has 120 valence electrons. The molecule has 1 aromatic carbocycles. The van der Waals surface area contributed by atoms with Gasteiger partial charge >= 0.3 is 0 Å². The molecule has 1 aliphatic heterocycles. The predicted octanol–water partition coefficient (Wildman–Crippen LogP) is 2.06. The number of hydrogen-bond acceptors (Lipinski definition) is 5. The summed E-state index contributed by atoms with van der Waals surface area (Å²) in [5.41, 5.74) is 0.296. The molecule has 1 saturated heterocycles. The van der Waals surface area contributed by atoms with Crippen LogP contribution < -0.4 is 4.74 Å². The van der Waals surface area contributed by atoms with Crippen LogP contribution in [0.25, 0.3) is 0 Å². The molecule has 0 radical (unpaired) electrons. The minimum atomic E-state index is -0.636. The number of morpholine rings is 1. The van der Waals surface area contributed by atoms with E-state index in [1.165, 1.54) is 0 Å². The second-order valence-electron chi connectivity index (χ2n) is 5.67. The van der Waals surface area contributed by atoms with Crippen LogP contribution in [0.1, 0.15) is 19.4 Å². The Morgan fingerprint density at radius 3 is 2.77 bits per heavy atom. The van der Waals surface area contributed by atoms with Crippen LogP contribution in [0.5, 0.6) is 5.75 Å². The van der Waals surface area contributed by atoms with E-state index in [9.17, 15) is 5.11 Å². The number of nitriles is 1. The molecule has 1 N–H and O–H groups in total. The van der Waals surface area contributed by atoms with E-state index in [0.717, 1.165) is 13.1 Å². The molecule has 0 amide bonds. The first kappa shape index (κ1) is 17.0. The number of β-amino-alcohol motifs (C(OH)–C–C–N with tert-alkyl or cyclic N) is 1. The van der Waals surface area contributed by atoms with E-state index in [1.54, 1.807) is 18.2 Å². The second kappa shape index (κ2) is 7.80. The third-order valence-electron chi connectivity index (χ3n) is 3.48. The summed E-state index contributed by atoms with van der Waals surface area (Å²) in [6, 6.07) is 7.05. The van der Waals surface area contributed by atoms with Gasteiger partial charge in [-0.15, -0.1) is 0 Å². The lowest BCUT2D eigenvalue weighted by atomic mass is 10.2. The Morgan fingerprint density at radius 2 is 2.14 bits per heavy atom. The summed E-state index contributed by atoms with van der Waals surface area (Å²) in [6.07, 6.45) is -0.312. The van der Waals surface area contributed by atoms with Crippen molar-refractivity contribution in [1.29, 1.82) is 5.26 Å². The average Bonchev–Trinajstić information content (AvgIpc) is 2.44. The molecular formula is C16H21ClN2O3.